The van der Waals surface area contributed by atoms with Crippen LogP contribution >= 0.6 is 0 Å². The smallest absolute Gasteiger partial charge is 0.137 e. The Labute approximate surface area is 96.4 Å². The van der Waals surface area contributed by atoms with E-state index in [2.05, 4.69) is 11.8 Å². The Bertz CT molecular complexity index is 332. The summed E-state index contributed by atoms with van der Waals surface area (Å²) in [4.78, 5) is 13.9. The van der Waals surface area contributed by atoms with Gasteiger partial charge in [-0.1, -0.05) is 6.92 Å². The van der Waals surface area contributed by atoms with Gasteiger partial charge in [0.1, 0.15) is 11.5 Å². The summed E-state index contributed by atoms with van der Waals surface area (Å²) in [5.74, 6) is 1.68. The van der Waals surface area contributed by atoms with E-state index in [1.165, 1.54) is 0 Å². The number of hydrogen-bond donors (Lipinski definition) is 0. The first-order chi connectivity index (χ1) is 7.79. The number of Topliss-reactive ketones (excluding diaryl/α,β-unsaturated/α-hetero) is 1. The van der Waals surface area contributed by atoms with Gasteiger partial charge in [-0.05, 0) is 31.5 Å². The molecule has 16 heavy (non-hydrogen) atoms. The summed E-state index contributed by atoms with van der Waals surface area (Å²) in [5.41, 5.74) is 0. The largest absolute Gasteiger partial charge is 0.468 e. The first kappa shape index (κ1) is 11.4. The van der Waals surface area contributed by atoms with Crippen LogP contribution in [0.1, 0.15) is 31.9 Å². The van der Waals surface area contributed by atoms with Crippen molar-refractivity contribution in [2.24, 2.45) is 5.92 Å². The lowest BCUT2D eigenvalue weighted by atomic mass is 10.1. The van der Waals surface area contributed by atoms with E-state index in [1.54, 1.807) is 6.26 Å². The summed E-state index contributed by atoms with van der Waals surface area (Å²) in [6.07, 6.45) is 4.61. The Kier molecular flexibility index (Phi) is 3.78. The zero-order valence-corrected chi connectivity index (χ0v) is 9.82. The molecule has 1 aromatic heterocycles. The van der Waals surface area contributed by atoms with Crippen molar-refractivity contribution in [3.05, 3.63) is 24.2 Å². The van der Waals surface area contributed by atoms with E-state index in [9.17, 15) is 4.79 Å². The molecule has 3 nitrogen and oxygen atoms in total. The third-order valence-electron chi connectivity index (χ3n) is 3.32. The van der Waals surface area contributed by atoms with Gasteiger partial charge >= 0.3 is 0 Å². The number of ketones is 1. The average molecular weight is 221 g/mol. The van der Waals surface area contributed by atoms with Crippen LogP contribution in [0, 0.1) is 5.92 Å². The molecular formula is C13H19NO2. The van der Waals surface area contributed by atoms with Crippen LogP contribution in [0.4, 0.5) is 0 Å². The highest BCUT2D eigenvalue weighted by Gasteiger charge is 2.26. The van der Waals surface area contributed by atoms with Gasteiger partial charge in [-0.2, -0.15) is 0 Å². The second-order valence-corrected chi connectivity index (χ2v) is 4.46. The van der Waals surface area contributed by atoms with E-state index in [1.807, 2.05) is 12.1 Å². The van der Waals surface area contributed by atoms with Crippen LogP contribution in [0.3, 0.4) is 0 Å². The first-order valence-electron chi connectivity index (χ1n) is 6.07. The van der Waals surface area contributed by atoms with Gasteiger partial charge in [0, 0.05) is 18.9 Å². The zero-order valence-electron chi connectivity index (χ0n) is 9.82. The molecule has 1 heterocycles. The Morgan fingerprint density at radius 1 is 1.56 bits per heavy atom. The second kappa shape index (κ2) is 5.30. The monoisotopic (exact) mass is 221 g/mol. The van der Waals surface area contributed by atoms with Gasteiger partial charge in [0.05, 0.1) is 12.8 Å². The summed E-state index contributed by atoms with van der Waals surface area (Å²) in [6, 6.07) is 3.89. The van der Waals surface area contributed by atoms with E-state index in [-0.39, 0.29) is 5.92 Å². The lowest BCUT2D eigenvalue weighted by Gasteiger charge is -2.22. The predicted octanol–water partition coefficient (Wildman–Crippen LogP) is 2.47. The number of hydrogen-bond acceptors (Lipinski definition) is 3. The molecule has 0 aliphatic heterocycles. The van der Waals surface area contributed by atoms with E-state index in [0.29, 0.717) is 5.78 Å². The Hall–Kier alpha value is -1.09. The minimum Gasteiger partial charge on any atom is -0.468 e. The standard InChI is InChI=1S/C13H19NO2/c1-2-14(10-12-6-4-8-16-12)9-11-5-3-7-13(11)15/h4,6,8,11H,2-3,5,7,9-10H2,1H3. The summed E-state index contributed by atoms with van der Waals surface area (Å²) in [7, 11) is 0. The molecule has 0 spiro atoms. The van der Waals surface area contributed by atoms with Crippen LogP contribution in [0.5, 0.6) is 0 Å². The van der Waals surface area contributed by atoms with Crippen molar-refractivity contribution in [2.75, 3.05) is 13.1 Å². The fraction of sp³-hybridized carbons (Fsp3) is 0.615. The van der Waals surface area contributed by atoms with Gasteiger partial charge in [0.15, 0.2) is 0 Å². The summed E-state index contributed by atoms with van der Waals surface area (Å²) < 4.78 is 5.33. The molecule has 2 rings (SSSR count). The molecule has 3 heteroatoms. The summed E-state index contributed by atoms with van der Waals surface area (Å²) in [5, 5.41) is 0. The fourth-order valence-corrected chi connectivity index (χ4v) is 2.32. The third kappa shape index (κ3) is 2.73. The second-order valence-electron chi connectivity index (χ2n) is 4.46. The molecule has 1 aliphatic rings. The van der Waals surface area contributed by atoms with E-state index in [4.69, 9.17) is 4.42 Å². The van der Waals surface area contributed by atoms with E-state index >= 15 is 0 Å². The normalized spacial score (nSPS) is 20.9. The topological polar surface area (TPSA) is 33.5 Å². The Morgan fingerprint density at radius 2 is 2.44 bits per heavy atom. The van der Waals surface area contributed by atoms with E-state index < -0.39 is 0 Å². The molecule has 1 aromatic rings. The minimum atomic E-state index is 0.259. The van der Waals surface area contributed by atoms with Crippen molar-refractivity contribution in [3.63, 3.8) is 0 Å². The first-order valence-corrected chi connectivity index (χ1v) is 6.07. The quantitative estimate of drug-likeness (QED) is 0.766. The van der Waals surface area contributed by atoms with Crippen molar-refractivity contribution in [1.29, 1.82) is 0 Å². The van der Waals surface area contributed by atoms with Crippen LogP contribution in [0.15, 0.2) is 22.8 Å². The summed E-state index contributed by atoms with van der Waals surface area (Å²) in [6.45, 7) is 4.79. The number of carbonyl (C=O) groups is 1. The highest BCUT2D eigenvalue weighted by atomic mass is 16.3. The molecular weight excluding hydrogens is 202 g/mol. The van der Waals surface area contributed by atoms with Crippen LogP contribution in [0.25, 0.3) is 0 Å². The van der Waals surface area contributed by atoms with Crippen molar-refractivity contribution in [1.82, 2.24) is 4.90 Å². The van der Waals surface area contributed by atoms with Gasteiger partial charge in [-0.3, -0.25) is 9.69 Å². The van der Waals surface area contributed by atoms with Gasteiger partial charge < -0.3 is 4.42 Å². The van der Waals surface area contributed by atoms with Gasteiger partial charge in [0.2, 0.25) is 0 Å². The maximum Gasteiger partial charge on any atom is 0.137 e. The number of carbonyl (C=O) groups excluding carboxylic acids is 1. The Balaban J connectivity index is 1.88. The fourth-order valence-electron chi connectivity index (χ4n) is 2.32. The number of rotatable bonds is 5. The predicted molar refractivity (Wildman–Crippen MR) is 62.0 cm³/mol. The van der Waals surface area contributed by atoms with Gasteiger partial charge in [-0.25, -0.2) is 0 Å². The number of furan rings is 1. The van der Waals surface area contributed by atoms with Crippen LogP contribution < -0.4 is 0 Å². The Morgan fingerprint density at radius 3 is 3.00 bits per heavy atom. The molecule has 1 aliphatic carbocycles. The van der Waals surface area contributed by atoms with Crippen molar-refractivity contribution in [3.8, 4) is 0 Å². The molecule has 1 saturated carbocycles. The van der Waals surface area contributed by atoms with Gasteiger partial charge in [-0.15, -0.1) is 0 Å². The maximum absolute atomic E-state index is 11.6. The SMILES string of the molecule is CCN(Cc1ccco1)CC1CCCC1=O. The molecule has 0 bridgehead atoms. The van der Waals surface area contributed by atoms with Crippen LogP contribution in [-0.2, 0) is 11.3 Å². The molecule has 88 valence electrons. The molecule has 0 aromatic carbocycles. The number of nitrogens with zero attached hydrogens (tertiary/aromatic N) is 1. The molecule has 0 amide bonds. The average Bonchev–Trinajstić information content (AvgIpc) is 2.90. The van der Waals surface area contributed by atoms with E-state index in [0.717, 1.165) is 44.7 Å². The molecule has 1 unspecified atom stereocenters. The molecule has 1 atom stereocenters. The van der Waals surface area contributed by atoms with Crippen molar-refractivity contribution >= 4 is 5.78 Å². The molecule has 0 saturated heterocycles. The van der Waals surface area contributed by atoms with Crippen molar-refractivity contribution in [2.45, 2.75) is 32.7 Å². The lowest BCUT2D eigenvalue weighted by molar-refractivity contribution is -0.121. The van der Waals surface area contributed by atoms with Gasteiger partial charge in [0.25, 0.3) is 0 Å². The summed E-state index contributed by atoms with van der Waals surface area (Å²) >= 11 is 0. The maximum atomic E-state index is 11.6. The zero-order chi connectivity index (χ0) is 11.4. The molecule has 0 radical (unpaired) electrons. The highest BCUT2D eigenvalue weighted by Crippen LogP contribution is 2.22. The van der Waals surface area contributed by atoms with Crippen LogP contribution in [-0.4, -0.2) is 23.8 Å². The third-order valence-corrected chi connectivity index (χ3v) is 3.32. The highest BCUT2D eigenvalue weighted by molar-refractivity contribution is 5.83. The molecule has 1 fully saturated rings. The van der Waals surface area contributed by atoms with Crippen LogP contribution in [0.2, 0.25) is 0 Å². The lowest BCUT2D eigenvalue weighted by Crippen LogP contribution is -2.30. The minimum absolute atomic E-state index is 0.259. The van der Waals surface area contributed by atoms with Crippen molar-refractivity contribution < 1.29 is 9.21 Å². The molecule has 0 N–H and O–H groups in total.